The van der Waals surface area contributed by atoms with E-state index in [4.69, 9.17) is 9.47 Å². The van der Waals surface area contributed by atoms with Crippen molar-refractivity contribution in [3.63, 3.8) is 0 Å². The summed E-state index contributed by atoms with van der Waals surface area (Å²) in [6.45, 7) is 4.65. The molecule has 2 atom stereocenters. The fourth-order valence-electron chi connectivity index (χ4n) is 1.85. The van der Waals surface area contributed by atoms with Crippen LogP contribution in [0.15, 0.2) is 0 Å². The van der Waals surface area contributed by atoms with Crippen LogP contribution in [-0.4, -0.2) is 49.1 Å². The highest BCUT2D eigenvalue weighted by Crippen LogP contribution is 2.25. The van der Waals surface area contributed by atoms with Crippen molar-refractivity contribution in [3.8, 4) is 0 Å². The lowest BCUT2D eigenvalue weighted by Gasteiger charge is -2.29. The normalized spacial score (nSPS) is 20.9. The summed E-state index contributed by atoms with van der Waals surface area (Å²) in [7, 11) is 1.62. The molecule has 2 N–H and O–H groups in total. The van der Waals surface area contributed by atoms with Gasteiger partial charge in [-0.3, -0.25) is 10.1 Å². The van der Waals surface area contributed by atoms with Crippen molar-refractivity contribution in [2.75, 3.05) is 20.3 Å². The number of ether oxygens (including phenoxy) is 2. The van der Waals surface area contributed by atoms with Crippen LogP contribution in [0.25, 0.3) is 0 Å². The lowest BCUT2D eigenvalue weighted by Crippen LogP contribution is -2.52. The van der Waals surface area contributed by atoms with Gasteiger partial charge in [0, 0.05) is 19.6 Å². The Hall–Kier alpha value is -0.650. The van der Waals surface area contributed by atoms with Gasteiger partial charge in [-0.15, -0.1) is 0 Å². The fraction of sp³-hybridized carbons (Fsp3) is 0.917. The van der Waals surface area contributed by atoms with Gasteiger partial charge in [-0.1, -0.05) is 0 Å². The maximum Gasteiger partial charge on any atom is 0.323 e. The van der Waals surface area contributed by atoms with Crippen LogP contribution >= 0.6 is 0 Å². The highest BCUT2D eigenvalue weighted by molar-refractivity contribution is 5.78. The van der Waals surface area contributed by atoms with Gasteiger partial charge in [-0.2, -0.15) is 0 Å². The van der Waals surface area contributed by atoms with Gasteiger partial charge < -0.3 is 14.6 Å². The minimum atomic E-state index is -0.895. The number of hydrogen-bond donors (Lipinski definition) is 2. The maximum atomic E-state index is 11.3. The monoisotopic (exact) mass is 245 g/mol. The van der Waals surface area contributed by atoms with E-state index < -0.39 is 11.5 Å². The number of aliphatic carboxylic acids is 1. The second-order valence-electron chi connectivity index (χ2n) is 4.93. The molecule has 2 unspecified atom stereocenters. The Bertz CT molecular complexity index is 255. The van der Waals surface area contributed by atoms with E-state index >= 15 is 0 Å². The molecule has 0 radical (unpaired) electrons. The molecule has 0 aromatic heterocycles. The van der Waals surface area contributed by atoms with E-state index in [1.165, 1.54) is 0 Å². The smallest absolute Gasteiger partial charge is 0.323 e. The molecule has 0 aromatic carbocycles. The molecule has 1 fully saturated rings. The Morgan fingerprint density at radius 2 is 2.18 bits per heavy atom. The molecular formula is C12H23NO4. The quantitative estimate of drug-likeness (QED) is 0.594. The predicted octanol–water partition coefficient (Wildman–Crippen LogP) is 1.02. The summed E-state index contributed by atoms with van der Waals surface area (Å²) < 4.78 is 10.4. The van der Waals surface area contributed by atoms with Gasteiger partial charge in [0.05, 0.1) is 19.3 Å². The third-order valence-corrected chi connectivity index (χ3v) is 2.96. The van der Waals surface area contributed by atoms with E-state index in [2.05, 4.69) is 5.32 Å². The number of hydrogen-bond acceptors (Lipinski definition) is 4. The van der Waals surface area contributed by atoms with Crippen LogP contribution in [0.1, 0.15) is 33.1 Å². The second-order valence-corrected chi connectivity index (χ2v) is 4.93. The van der Waals surface area contributed by atoms with Crippen LogP contribution in [0.4, 0.5) is 0 Å². The minimum absolute atomic E-state index is 0.0995. The third kappa shape index (κ3) is 5.02. The molecule has 5 nitrogen and oxygen atoms in total. The molecule has 0 aliphatic heterocycles. The van der Waals surface area contributed by atoms with Gasteiger partial charge in [0.15, 0.2) is 0 Å². The first-order chi connectivity index (χ1) is 7.98. The summed E-state index contributed by atoms with van der Waals surface area (Å²) in [5.41, 5.74) is -0.895. The molecule has 100 valence electrons. The molecule has 0 spiro atoms. The summed E-state index contributed by atoms with van der Waals surface area (Å²) in [6, 6.07) is 0.363. The van der Waals surface area contributed by atoms with Crippen molar-refractivity contribution in [2.45, 2.75) is 50.8 Å². The van der Waals surface area contributed by atoms with E-state index in [1.54, 1.807) is 14.0 Å². The van der Waals surface area contributed by atoms with Gasteiger partial charge in [-0.05, 0) is 26.7 Å². The molecular weight excluding hydrogens is 222 g/mol. The average molecular weight is 245 g/mol. The number of nitrogens with one attached hydrogen (secondary N) is 1. The Kier molecular flexibility index (Phi) is 5.36. The maximum absolute atomic E-state index is 11.3. The third-order valence-electron chi connectivity index (χ3n) is 2.96. The molecule has 1 aliphatic rings. The Labute approximate surface area is 102 Å². The van der Waals surface area contributed by atoms with Crippen LogP contribution in [0, 0.1) is 0 Å². The van der Waals surface area contributed by atoms with Gasteiger partial charge >= 0.3 is 5.97 Å². The van der Waals surface area contributed by atoms with Gasteiger partial charge in [0.1, 0.15) is 5.54 Å². The molecule has 0 amide bonds. The SMILES string of the molecule is COCCOC(C)CC(C)(NC1CC1)C(=O)O. The van der Waals surface area contributed by atoms with E-state index in [9.17, 15) is 9.90 Å². The topological polar surface area (TPSA) is 67.8 Å². The largest absolute Gasteiger partial charge is 0.480 e. The van der Waals surface area contributed by atoms with Crippen LogP contribution in [0.3, 0.4) is 0 Å². The highest BCUT2D eigenvalue weighted by Gasteiger charge is 2.39. The molecule has 5 heteroatoms. The van der Waals surface area contributed by atoms with E-state index in [0.29, 0.717) is 25.7 Å². The van der Waals surface area contributed by atoms with Crippen LogP contribution in [-0.2, 0) is 14.3 Å². The summed E-state index contributed by atoms with van der Waals surface area (Å²) in [5, 5.41) is 12.5. The lowest BCUT2D eigenvalue weighted by atomic mass is 9.94. The number of carbonyl (C=O) groups is 1. The van der Waals surface area contributed by atoms with Crippen molar-refractivity contribution >= 4 is 5.97 Å². The van der Waals surface area contributed by atoms with Gasteiger partial charge in [-0.25, -0.2) is 0 Å². The molecule has 0 heterocycles. The van der Waals surface area contributed by atoms with Crippen molar-refractivity contribution in [2.24, 2.45) is 0 Å². The fourth-order valence-corrected chi connectivity index (χ4v) is 1.85. The number of carboxylic acids is 1. The van der Waals surface area contributed by atoms with Crippen molar-refractivity contribution in [1.82, 2.24) is 5.32 Å². The lowest BCUT2D eigenvalue weighted by molar-refractivity contribution is -0.146. The standard InChI is InChI=1S/C12H23NO4/c1-9(17-7-6-16-3)8-12(2,11(14)15)13-10-4-5-10/h9-10,13H,4-8H2,1-3H3,(H,14,15). The zero-order chi connectivity index (χ0) is 12.9. The first kappa shape index (κ1) is 14.4. The zero-order valence-electron chi connectivity index (χ0n) is 10.9. The molecule has 0 saturated heterocycles. The Morgan fingerprint density at radius 1 is 1.53 bits per heavy atom. The first-order valence-corrected chi connectivity index (χ1v) is 6.09. The molecule has 1 aliphatic carbocycles. The molecule has 1 saturated carbocycles. The van der Waals surface area contributed by atoms with Crippen LogP contribution < -0.4 is 5.32 Å². The molecule has 1 rings (SSSR count). The first-order valence-electron chi connectivity index (χ1n) is 6.09. The summed E-state index contributed by atoms with van der Waals surface area (Å²) in [5.74, 6) is -0.813. The summed E-state index contributed by atoms with van der Waals surface area (Å²) >= 11 is 0. The average Bonchev–Trinajstić information content (AvgIpc) is 3.01. The summed E-state index contributed by atoms with van der Waals surface area (Å²) in [6.07, 6.45) is 2.50. The number of carboxylic acid groups (broad SMARTS) is 1. The number of rotatable bonds is 9. The number of methoxy groups -OCH3 is 1. The second kappa shape index (κ2) is 6.33. The Morgan fingerprint density at radius 3 is 2.65 bits per heavy atom. The minimum Gasteiger partial charge on any atom is -0.480 e. The highest BCUT2D eigenvalue weighted by atomic mass is 16.5. The predicted molar refractivity (Wildman–Crippen MR) is 64.1 cm³/mol. The molecule has 0 aromatic rings. The van der Waals surface area contributed by atoms with Gasteiger partial charge in [0.2, 0.25) is 0 Å². The van der Waals surface area contributed by atoms with Gasteiger partial charge in [0.25, 0.3) is 0 Å². The van der Waals surface area contributed by atoms with Crippen LogP contribution in [0.5, 0.6) is 0 Å². The zero-order valence-corrected chi connectivity index (χ0v) is 10.9. The van der Waals surface area contributed by atoms with Crippen molar-refractivity contribution in [1.29, 1.82) is 0 Å². The molecule has 17 heavy (non-hydrogen) atoms. The van der Waals surface area contributed by atoms with E-state index in [1.807, 2.05) is 6.92 Å². The Balaban J connectivity index is 2.38. The van der Waals surface area contributed by atoms with Crippen molar-refractivity contribution in [3.05, 3.63) is 0 Å². The van der Waals surface area contributed by atoms with Crippen LogP contribution in [0.2, 0.25) is 0 Å². The van der Waals surface area contributed by atoms with E-state index in [-0.39, 0.29) is 6.10 Å². The molecule has 0 bridgehead atoms. The van der Waals surface area contributed by atoms with Crippen molar-refractivity contribution < 1.29 is 19.4 Å². The summed E-state index contributed by atoms with van der Waals surface area (Å²) in [4.78, 5) is 11.3. The van der Waals surface area contributed by atoms with E-state index in [0.717, 1.165) is 12.8 Å².